The monoisotopic (exact) mass is 321 g/mol. The van der Waals surface area contributed by atoms with Crippen molar-refractivity contribution in [2.75, 3.05) is 6.54 Å². The minimum atomic E-state index is -0.916. The van der Waals surface area contributed by atoms with Gasteiger partial charge in [0.1, 0.15) is 0 Å². The fourth-order valence-corrected chi connectivity index (χ4v) is 2.09. The Morgan fingerprint density at radius 1 is 1.13 bits per heavy atom. The second kappa shape index (κ2) is 8.77. The number of benzene rings is 1. The lowest BCUT2D eigenvalue weighted by atomic mass is 9.97. The fraction of sp³-hybridized carbons (Fsp3) is 0.438. The summed E-state index contributed by atoms with van der Waals surface area (Å²) in [6.45, 7) is 4.23. The molecule has 3 amide bonds. The minimum absolute atomic E-state index is 0.0833. The molecule has 0 bridgehead atoms. The first kappa shape index (κ1) is 18.5. The molecule has 1 aromatic rings. The molecule has 126 valence electrons. The Bertz CT molecular complexity index is 555. The maximum Gasteiger partial charge on any atom is 0.315 e. The van der Waals surface area contributed by atoms with Crippen LogP contribution in [0.3, 0.4) is 0 Å². The second-order valence-corrected chi connectivity index (χ2v) is 5.79. The van der Waals surface area contributed by atoms with Crippen molar-refractivity contribution in [3.63, 3.8) is 0 Å². The molecular weight excluding hydrogens is 298 g/mol. The zero-order chi connectivity index (χ0) is 17.4. The average Bonchev–Trinajstić information content (AvgIpc) is 2.49. The van der Waals surface area contributed by atoms with E-state index >= 15 is 0 Å². The van der Waals surface area contributed by atoms with Gasteiger partial charge in [0.25, 0.3) is 0 Å². The Labute approximate surface area is 135 Å². The molecule has 0 aliphatic carbocycles. The van der Waals surface area contributed by atoms with E-state index in [2.05, 4.69) is 10.6 Å². The standard InChI is InChI=1S/C16H23N3O4/c1-10(2)7-13(15(21)22)9-19-16(23)18-8-11-3-5-12(6-4-11)14(17)20/h3-6,10,13H,7-9H2,1-2H3,(H2,17,20)(H,21,22)(H2,18,19,23). The Hall–Kier alpha value is -2.57. The summed E-state index contributed by atoms with van der Waals surface area (Å²) in [6.07, 6.45) is 0.504. The number of carbonyl (C=O) groups excluding carboxylic acids is 2. The lowest BCUT2D eigenvalue weighted by Crippen LogP contribution is -2.39. The van der Waals surface area contributed by atoms with Crippen LogP contribution in [0.5, 0.6) is 0 Å². The molecule has 0 spiro atoms. The largest absolute Gasteiger partial charge is 0.481 e. The Kier molecular flexibility index (Phi) is 7.05. The first-order valence-corrected chi connectivity index (χ1v) is 7.42. The van der Waals surface area contributed by atoms with Crippen LogP contribution < -0.4 is 16.4 Å². The molecule has 0 aliphatic rings. The molecule has 0 heterocycles. The molecule has 0 aliphatic heterocycles. The Morgan fingerprint density at radius 3 is 2.22 bits per heavy atom. The maximum atomic E-state index is 11.7. The average molecular weight is 321 g/mol. The summed E-state index contributed by atoms with van der Waals surface area (Å²) in [5, 5.41) is 14.3. The summed E-state index contributed by atoms with van der Waals surface area (Å²) in [6, 6.07) is 6.12. The molecule has 1 atom stereocenters. The number of hydrogen-bond acceptors (Lipinski definition) is 3. The van der Waals surface area contributed by atoms with Crippen LogP contribution in [0.1, 0.15) is 36.2 Å². The molecule has 23 heavy (non-hydrogen) atoms. The van der Waals surface area contributed by atoms with Gasteiger partial charge in [-0.2, -0.15) is 0 Å². The maximum absolute atomic E-state index is 11.7. The van der Waals surface area contributed by atoms with E-state index in [1.54, 1.807) is 24.3 Å². The Morgan fingerprint density at radius 2 is 1.74 bits per heavy atom. The van der Waals surface area contributed by atoms with Gasteiger partial charge in [0.05, 0.1) is 5.92 Å². The number of amides is 3. The van der Waals surface area contributed by atoms with Crippen LogP contribution in [0, 0.1) is 11.8 Å². The molecule has 7 nitrogen and oxygen atoms in total. The van der Waals surface area contributed by atoms with Crippen molar-refractivity contribution in [1.29, 1.82) is 0 Å². The number of primary amides is 1. The van der Waals surface area contributed by atoms with Crippen LogP contribution in [0.4, 0.5) is 4.79 Å². The third-order valence-electron chi connectivity index (χ3n) is 3.31. The first-order chi connectivity index (χ1) is 10.8. The van der Waals surface area contributed by atoms with E-state index in [0.29, 0.717) is 12.0 Å². The SMILES string of the molecule is CC(C)CC(CNC(=O)NCc1ccc(C(N)=O)cc1)C(=O)O. The van der Waals surface area contributed by atoms with Gasteiger partial charge in [-0.1, -0.05) is 26.0 Å². The zero-order valence-corrected chi connectivity index (χ0v) is 13.3. The van der Waals surface area contributed by atoms with Crippen molar-refractivity contribution in [3.8, 4) is 0 Å². The number of carboxylic acids is 1. The molecule has 0 saturated heterocycles. The molecule has 7 heteroatoms. The van der Waals surface area contributed by atoms with Gasteiger partial charge in [0.2, 0.25) is 5.91 Å². The molecule has 0 aromatic heterocycles. The van der Waals surface area contributed by atoms with Crippen molar-refractivity contribution in [1.82, 2.24) is 10.6 Å². The van der Waals surface area contributed by atoms with E-state index in [0.717, 1.165) is 5.56 Å². The van der Waals surface area contributed by atoms with Gasteiger partial charge in [-0.25, -0.2) is 4.79 Å². The van der Waals surface area contributed by atoms with Crippen LogP contribution in [0.25, 0.3) is 0 Å². The van der Waals surface area contributed by atoms with Crippen LogP contribution in [0.15, 0.2) is 24.3 Å². The highest BCUT2D eigenvalue weighted by Gasteiger charge is 2.19. The predicted molar refractivity (Wildman–Crippen MR) is 85.8 cm³/mol. The third-order valence-corrected chi connectivity index (χ3v) is 3.31. The van der Waals surface area contributed by atoms with Gasteiger partial charge in [-0.05, 0) is 30.0 Å². The van der Waals surface area contributed by atoms with Gasteiger partial charge in [0.15, 0.2) is 0 Å². The molecule has 1 rings (SSSR count). The van der Waals surface area contributed by atoms with Crippen molar-refractivity contribution < 1.29 is 19.5 Å². The van der Waals surface area contributed by atoms with Crippen LogP contribution >= 0.6 is 0 Å². The predicted octanol–water partition coefficient (Wildman–Crippen LogP) is 1.33. The molecule has 0 radical (unpaired) electrons. The van der Waals surface area contributed by atoms with Crippen molar-refractivity contribution in [2.24, 2.45) is 17.6 Å². The van der Waals surface area contributed by atoms with Gasteiger partial charge < -0.3 is 21.5 Å². The topological polar surface area (TPSA) is 122 Å². The van der Waals surface area contributed by atoms with Gasteiger partial charge in [0, 0.05) is 18.7 Å². The number of urea groups is 1. The first-order valence-electron chi connectivity index (χ1n) is 7.42. The molecule has 5 N–H and O–H groups in total. The quantitative estimate of drug-likeness (QED) is 0.577. The highest BCUT2D eigenvalue weighted by atomic mass is 16.4. The summed E-state index contributed by atoms with van der Waals surface area (Å²) in [5.74, 6) is -1.78. The highest BCUT2D eigenvalue weighted by Crippen LogP contribution is 2.11. The summed E-state index contributed by atoms with van der Waals surface area (Å²) < 4.78 is 0. The van der Waals surface area contributed by atoms with E-state index in [1.165, 1.54) is 0 Å². The van der Waals surface area contributed by atoms with E-state index in [1.807, 2.05) is 13.8 Å². The van der Waals surface area contributed by atoms with Gasteiger partial charge in [-0.15, -0.1) is 0 Å². The second-order valence-electron chi connectivity index (χ2n) is 5.79. The van der Waals surface area contributed by atoms with Crippen molar-refractivity contribution in [3.05, 3.63) is 35.4 Å². The lowest BCUT2D eigenvalue weighted by molar-refractivity contribution is -0.142. The van der Waals surface area contributed by atoms with Crippen molar-refractivity contribution >= 4 is 17.9 Å². The van der Waals surface area contributed by atoms with Crippen molar-refractivity contribution in [2.45, 2.75) is 26.8 Å². The molecule has 0 saturated carbocycles. The van der Waals surface area contributed by atoms with Crippen LogP contribution in [0.2, 0.25) is 0 Å². The molecular formula is C16H23N3O4. The van der Waals surface area contributed by atoms with E-state index < -0.39 is 23.8 Å². The summed E-state index contributed by atoms with van der Waals surface area (Å²) in [5.41, 5.74) is 6.35. The summed E-state index contributed by atoms with van der Waals surface area (Å²) in [4.78, 5) is 33.8. The van der Waals surface area contributed by atoms with E-state index in [9.17, 15) is 14.4 Å². The fourth-order valence-electron chi connectivity index (χ4n) is 2.09. The van der Waals surface area contributed by atoms with E-state index in [4.69, 9.17) is 10.8 Å². The zero-order valence-electron chi connectivity index (χ0n) is 13.3. The normalized spacial score (nSPS) is 11.8. The Balaban J connectivity index is 2.41. The number of aliphatic carboxylic acids is 1. The van der Waals surface area contributed by atoms with Gasteiger partial charge >= 0.3 is 12.0 Å². The lowest BCUT2D eigenvalue weighted by Gasteiger charge is -2.15. The minimum Gasteiger partial charge on any atom is -0.481 e. The molecule has 1 aromatic carbocycles. The summed E-state index contributed by atoms with van der Waals surface area (Å²) in [7, 11) is 0. The number of nitrogens with one attached hydrogen (secondary N) is 2. The summed E-state index contributed by atoms with van der Waals surface area (Å²) >= 11 is 0. The number of nitrogens with two attached hydrogens (primary N) is 1. The van der Waals surface area contributed by atoms with Crippen LogP contribution in [-0.4, -0.2) is 29.6 Å². The number of hydrogen-bond donors (Lipinski definition) is 4. The smallest absolute Gasteiger partial charge is 0.315 e. The molecule has 1 unspecified atom stereocenters. The number of carbonyl (C=O) groups is 3. The third kappa shape index (κ3) is 6.82. The molecule has 0 fully saturated rings. The number of carboxylic acid groups (broad SMARTS) is 1. The number of rotatable bonds is 8. The van der Waals surface area contributed by atoms with E-state index in [-0.39, 0.29) is 19.0 Å². The highest BCUT2D eigenvalue weighted by molar-refractivity contribution is 5.92. The van der Waals surface area contributed by atoms with Gasteiger partial charge in [-0.3, -0.25) is 9.59 Å². The van der Waals surface area contributed by atoms with Crippen LogP contribution in [-0.2, 0) is 11.3 Å².